The van der Waals surface area contributed by atoms with Crippen molar-refractivity contribution in [3.63, 3.8) is 0 Å². The average molecular weight is 744 g/mol. The predicted octanol–water partition coefficient (Wildman–Crippen LogP) is 13.3. The molecule has 310 valence electrons. The van der Waals surface area contributed by atoms with Crippen LogP contribution in [0.25, 0.3) is 0 Å². The van der Waals surface area contributed by atoms with Crippen LogP contribution in [0.3, 0.4) is 0 Å². The fourth-order valence-electron chi connectivity index (χ4n) is 6.78. The number of carbonyl (C=O) groups is 1. The van der Waals surface area contributed by atoms with Crippen molar-refractivity contribution in [2.75, 3.05) is 6.61 Å². The van der Waals surface area contributed by atoms with Crippen LogP contribution in [0.5, 0.6) is 0 Å². The van der Waals surface area contributed by atoms with Crippen molar-refractivity contribution in [1.82, 2.24) is 5.32 Å². The van der Waals surface area contributed by atoms with Gasteiger partial charge in [-0.2, -0.15) is 0 Å². The van der Waals surface area contributed by atoms with E-state index in [2.05, 4.69) is 55.6 Å². The third-order valence-electron chi connectivity index (χ3n) is 10.3. The van der Waals surface area contributed by atoms with Crippen LogP contribution in [0.15, 0.2) is 48.6 Å². The topological polar surface area (TPSA) is 89.8 Å². The number of unbranched alkanes of at least 4 members (excludes halogenated alkanes) is 26. The minimum absolute atomic E-state index is 0.00394. The molecule has 4 N–H and O–H groups in total. The fraction of sp³-hybridized carbons (Fsp3) is 0.812. The van der Waals surface area contributed by atoms with Crippen molar-refractivity contribution < 1.29 is 20.1 Å². The van der Waals surface area contributed by atoms with Crippen LogP contribution in [-0.2, 0) is 4.79 Å². The van der Waals surface area contributed by atoms with Crippen LogP contribution >= 0.6 is 0 Å². The normalized spacial score (nSPS) is 14.0. The molecule has 1 amide bonds. The second kappa shape index (κ2) is 43.0. The third-order valence-corrected chi connectivity index (χ3v) is 10.3. The summed E-state index contributed by atoms with van der Waals surface area (Å²) in [5, 5.41) is 33.2. The fourth-order valence-corrected chi connectivity index (χ4v) is 6.78. The van der Waals surface area contributed by atoms with E-state index in [-0.39, 0.29) is 18.9 Å². The van der Waals surface area contributed by atoms with Gasteiger partial charge in [-0.25, -0.2) is 0 Å². The van der Waals surface area contributed by atoms with Crippen molar-refractivity contribution in [3.05, 3.63) is 48.6 Å². The zero-order valence-corrected chi connectivity index (χ0v) is 35.1. The number of nitrogens with one attached hydrogen (secondary N) is 1. The predicted molar refractivity (Wildman–Crippen MR) is 231 cm³/mol. The molecule has 0 spiro atoms. The van der Waals surface area contributed by atoms with Crippen LogP contribution in [0.4, 0.5) is 0 Å². The lowest BCUT2D eigenvalue weighted by atomic mass is 10.0. The summed E-state index contributed by atoms with van der Waals surface area (Å²) in [5.41, 5.74) is 0. The smallest absolute Gasteiger partial charge is 0.222 e. The van der Waals surface area contributed by atoms with E-state index in [1.54, 1.807) is 6.08 Å². The summed E-state index contributed by atoms with van der Waals surface area (Å²) in [6, 6.07) is -0.771. The zero-order chi connectivity index (χ0) is 38.7. The van der Waals surface area contributed by atoms with E-state index in [0.29, 0.717) is 6.42 Å². The Morgan fingerprint density at radius 1 is 0.472 bits per heavy atom. The summed E-state index contributed by atoms with van der Waals surface area (Å²) in [7, 11) is 0. The van der Waals surface area contributed by atoms with Crippen LogP contribution in [-0.4, -0.2) is 46.1 Å². The molecule has 0 aromatic carbocycles. The highest BCUT2D eigenvalue weighted by Crippen LogP contribution is 2.14. The minimum Gasteiger partial charge on any atom is -0.394 e. The van der Waals surface area contributed by atoms with Gasteiger partial charge in [-0.05, 0) is 70.6 Å². The third kappa shape index (κ3) is 39.8. The number of amides is 1. The van der Waals surface area contributed by atoms with Crippen molar-refractivity contribution in [2.24, 2.45) is 0 Å². The van der Waals surface area contributed by atoms with Gasteiger partial charge in [0.1, 0.15) is 0 Å². The van der Waals surface area contributed by atoms with E-state index < -0.39 is 18.2 Å². The molecule has 0 fully saturated rings. The standard InChI is InChI=1S/C48H89NO4/c1-3-5-7-9-11-13-15-17-19-21-23-24-25-27-29-31-33-35-37-39-41-45(51)43-48(53)49-46(44-50)47(52)42-40-38-36-34-32-30-28-26-22-20-18-16-14-12-10-8-6-4-2/h22,25-27,32,34,40,42,45-47,50-52H,3-21,23-24,28-31,33,35-39,41,43-44H2,1-2H3,(H,49,53)/b26-22+,27-25-,34-32+,42-40+. The van der Waals surface area contributed by atoms with Crippen molar-refractivity contribution in [2.45, 2.75) is 244 Å². The molecule has 5 nitrogen and oxygen atoms in total. The van der Waals surface area contributed by atoms with Gasteiger partial charge in [-0.15, -0.1) is 0 Å². The molecule has 3 unspecified atom stereocenters. The van der Waals surface area contributed by atoms with E-state index in [1.807, 2.05) is 6.08 Å². The van der Waals surface area contributed by atoms with Gasteiger partial charge >= 0.3 is 0 Å². The number of allylic oxidation sites excluding steroid dienone is 7. The van der Waals surface area contributed by atoms with Crippen LogP contribution in [0.2, 0.25) is 0 Å². The van der Waals surface area contributed by atoms with E-state index >= 15 is 0 Å². The monoisotopic (exact) mass is 744 g/mol. The molecule has 0 heterocycles. The number of aliphatic hydroxyl groups is 3. The average Bonchev–Trinajstić information content (AvgIpc) is 3.15. The molecular formula is C48H89NO4. The van der Waals surface area contributed by atoms with E-state index in [4.69, 9.17) is 0 Å². The van der Waals surface area contributed by atoms with Gasteiger partial charge in [0.05, 0.1) is 31.3 Å². The highest BCUT2D eigenvalue weighted by Gasteiger charge is 2.20. The van der Waals surface area contributed by atoms with Crippen molar-refractivity contribution >= 4 is 5.91 Å². The lowest BCUT2D eigenvalue weighted by Gasteiger charge is -2.20. The first kappa shape index (κ1) is 51.3. The summed E-state index contributed by atoms with van der Waals surface area (Å²) in [6.07, 6.45) is 55.4. The lowest BCUT2D eigenvalue weighted by Crippen LogP contribution is -2.45. The molecule has 0 aliphatic rings. The Hall–Kier alpha value is -1.69. The molecule has 0 aromatic heterocycles. The Balaban J connectivity index is 3.73. The first-order chi connectivity index (χ1) is 26.0. The Morgan fingerprint density at radius 2 is 0.811 bits per heavy atom. The van der Waals surface area contributed by atoms with E-state index in [9.17, 15) is 20.1 Å². The first-order valence-electron chi connectivity index (χ1n) is 22.9. The Morgan fingerprint density at radius 3 is 1.21 bits per heavy atom. The largest absolute Gasteiger partial charge is 0.394 e. The van der Waals surface area contributed by atoms with Crippen molar-refractivity contribution in [1.29, 1.82) is 0 Å². The quantitative estimate of drug-likeness (QED) is 0.0371. The van der Waals surface area contributed by atoms with Crippen LogP contribution in [0.1, 0.15) is 226 Å². The van der Waals surface area contributed by atoms with Gasteiger partial charge in [0, 0.05) is 0 Å². The van der Waals surface area contributed by atoms with E-state index in [1.165, 1.54) is 148 Å². The molecule has 5 heteroatoms. The van der Waals surface area contributed by atoms with E-state index in [0.717, 1.165) is 51.4 Å². The molecule has 0 aliphatic heterocycles. The van der Waals surface area contributed by atoms with Gasteiger partial charge in [0.2, 0.25) is 5.91 Å². The number of aliphatic hydroxyl groups excluding tert-OH is 3. The number of hydrogen-bond acceptors (Lipinski definition) is 4. The molecule has 0 aromatic rings. The molecular weight excluding hydrogens is 655 g/mol. The molecule has 0 saturated carbocycles. The van der Waals surface area contributed by atoms with Crippen LogP contribution < -0.4 is 5.32 Å². The Kier molecular flexibility index (Phi) is 41.7. The highest BCUT2D eigenvalue weighted by atomic mass is 16.3. The van der Waals surface area contributed by atoms with Gasteiger partial charge in [-0.1, -0.05) is 197 Å². The maximum atomic E-state index is 12.4. The maximum absolute atomic E-state index is 12.4. The minimum atomic E-state index is -0.962. The molecule has 0 aliphatic carbocycles. The summed E-state index contributed by atoms with van der Waals surface area (Å²) in [5.74, 6) is -0.334. The molecule has 0 radical (unpaired) electrons. The Labute approximate surface area is 329 Å². The summed E-state index contributed by atoms with van der Waals surface area (Å²) < 4.78 is 0. The van der Waals surface area contributed by atoms with Crippen LogP contribution in [0, 0.1) is 0 Å². The second-order valence-corrected chi connectivity index (χ2v) is 15.6. The van der Waals surface area contributed by atoms with Crippen molar-refractivity contribution in [3.8, 4) is 0 Å². The number of rotatable bonds is 41. The molecule has 0 bridgehead atoms. The zero-order valence-electron chi connectivity index (χ0n) is 35.1. The van der Waals surface area contributed by atoms with Gasteiger partial charge in [-0.3, -0.25) is 4.79 Å². The van der Waals surface area contributed by atoms with Gasteiger partial charge < -0.3 is 20.6 Å². The van der Waals surface area contributed by atoms with Gasteiger partial charge in [0.15, 0.2) is 0 Å². The lowest BCUT2D eigenvalue weighted by molar-refractivity contribution is -0.124. The molecule has 0 saturated heterocycles. The molecule has 0 rings (SSSR count). The number of hydrogen-bond donors (Lipinski definition) is 4. The summed E-state index contributed by atoms with van der Waals surface area (Å²) >= 11 is 0. The van der Waals surface area contributed by atoms with Gasteiger partial charge in [0.25, 0.3) is 0 Å². The SMILES string of the molecule is CCCCCCCCCC/C=C/CC/C=C/CC/C=C/C(O)C(CO)NC(=O)CC(O)CCCCCCC/C=C\CCCCCCCCCCCCC. The maximum Gasteiger partial charge on any atom is 0.222 e. The molecule has 3 atom stereocenters. The second-order valence-electron chi connectivity index (χ2n) is 15.6. The highest BCUT2D eigenvalue weighted by molar-refractivity contribution is 5.76. The Bertz CT molecular complexity index is 866. The summed E-state index contributed by atoms with van der Waals surface area (Å²) in [4.78, 5) is 12.4. The summed E-state index contributed by atoms with van der Waals surface area (Å²) in [6.45, 7) is 4.20. The first-order valence-corrected chi connectivity index (χ1v) is 22.9. The number of carbonyl (C=O) groups excluding carboxylic acids is 1. The molecule has 53 heavy (non-hydrogen) atoms.